The third-order valence-corrected chi connectivity index (χ3v) is 5.64. The number of hydrogen-bond acceptors (Lipinski definition) is 6. The minimum atomic E-state index is -3.87. The predicted octanol–water partition coefficient (Wildman–Crippen LogP) is 1.90. The first-order valence-corrected chi connectivity index (χ1v) is 9.61. The molecule has 3 aromatic rings. The van der Waals surface area contributed by atoms with Crippen LogP contribution in [-0.4, -0.2) is 26.1 Å². The van der Waals surface area contributed by atoms with Crippen molar-refractivity contribution >= 4 is 38.7 Å². The van der Waals surface area contributed by atoms with E-state index in [1.807, 2.05) is 0 Å². The lowest BCUT2D eigenvalue weighted by molar-refractivity contribution is -0.141. The number of ether oxygens (including phenoxy) is 1. The Morgan fingerprint density at radius 3 is 2.70 bits per heavy atom. The van der Waals surface area contributed by atoms with Crippen molar-refractivity contribution in [3.63, 3.8) is 0 Å². The van der Waals surface area contributed by atoms with Gasteiger partial charge in [0.05, 0.1) is 17.5 Å². The zero-order valence-electron chi connectivity index (χ0n) is 14.1. The SMILES string of the molecule is COC(=O)Cn1c(=O)oc2cc(S(=O)(=O)NCc3ccccc3Cl)ccc21. The molecule has 0 saturated heterocycles. The summed E-state index contributed by atoms with van der Waals surface area (Å²) >= 11 is 6.03. The van der Waals surface area contributed by atoms with Gasteiger partial charge in [0.1, 0.15) is 6.54 Å². The van der Waals surface area contributed by atoms with E-state index in [4.69, 9.17) is 16.0 Å². The van der Waals surface area contributed by atoms with Crippen molar-refractivity contribution in [3.8, 4) is 0 Å². The van der Waals surface area contributed by atoms with Crippen molar-refractivity contribution in [2.45, 2.75) is 18.0 Å². The Labute approximate surface area is 159 Å². The number of aromatic nitrogens is 1. The van der Waals surface area contributed by atoms with Gasteiger partial charge in [-0.2, -0.15) is 0 Å². The van der Waals surface area contributed by atoms with Crippen LogP contribution < -0.4 is 10.5 Å². The number of halogens is 1. The molecule has 0 aliphatic heterocycles. The maximum atomic E-state index is 12.5. The van der Waals surface area contributed by atoms with E-state index < -0.39 is 21.7 Å². The number of methoxy groups -OCH3 is 1. The van der Waals surface area contributed by atoms with Crippen molar-refractivity contribution < 1.29 is 22.4 Å². The van der Waals surface area contributed by atoms with Gasteiger partial charge in [0.2, 0.25) is 10.0 Å². The van der Waals surface area contributed by atoms with Gasteiger partial charge in [-0.15, -0.1) is 0 Å². The van der Waals surface area contributed by atoms with Gasteiger partial charge in [0.25, 0.3) is 0 Å². The Kier molecular flexibility index (Phi) is 5.36. The highest BCUT2D eigenvalue weighted by atomic mass is 35.5. The summed E-state index contributed by atoms with van der Waals surface area (Å²) in [6.45, 7) is -0.327. The Balaban J connectivity index is 1.89. The summed E-state index contributed by atoms with van der Waals surface area (Å²) in [7, 11) is -2.67. The first-order chi connectivity index (χ1) is 12.8. The molecule has 0 spiro atoms. The third kappa shape index (κ3) is 4.05. The molecule has 0 aliphatic rings. The van der Waals surface area contributed by atoms with Crippen LogP contribution in [0.4, 0.5) is 0 Å². The lowest BCUT2D eigenvalue weighted by atomic mass is 10.2. The third-order valence-electron chi connectivity index (χ3n) is 3.88. The monoisotopic (exact) mass is 410 g/mol. The lowest BCUT2D eigenvalue weighted by Crippen LogP contribution is -2.23. The van der Waals surface area contributed by atoms with Crippen LogP contribution >= 0.6 is 11.6 Å². The summed E-state index contributed by atoms with van der Waals surface area (Å²) in [5.41, 5.74) is 0.958. The fraction of sp³-hybridized carbons (Fsp3) is 0.176. The molecule has 1 aromatic heterocycles. The minimum absolute atomic E-state index is 0.00729. The number of sulfonamides is 1. The molecule has 10 heteroatoms. The second kappa shape index (κ2) is 7.55. The zero-order valence-corrected chi connectivity index (χ0v) is 15.7. The van der Waals surface area contributed by atoms with Gasteiger partial charge in [-0.25, -0.2) is 17.9 Å². The fourth-order valence-corrected chi connectivity index (χ4v) is 3.68. The van der Waals surface area contributed by atoms with Crippen molar-refractivity contribution in [1.82, 2.24) is 9.29 Å². The largest absolute Gasteiger partial charge is 0.468 e. The van der Waals surface area contributed by atoms with E-state index in [-0.39, 0.29) is 29.1 Å². The number of nitrogens with zero attached hydrogens (tertiary/aromatic N) is 1. The predicted molar refractivity (Wildman–Crippen MR) is 98.0 cm³/mol. The van der Waals surface area contributed by atoms with Crippen LogP contribution in [-0.2, 0) is 32.6 Å². The molecule has 0 amide bonds. The molecule has 0 unspecified atom stereocenters. The van der Waals surface area contributed by atoms with Gasteiger partial charge in [-0.3, -0.25) is 9.36 Å². The van der Waals surface area contributed by atoms with E-state index in [1.54, 1.807) is 24.3 Å². The summed E-state index contributed by atoms with van der Waals surface area (Å²) in [4.78, 5) is 23.2. The molecular formula is C17H15ClN2O6S. The molecule has 0 bridgehead atoms. The molecule has 2 aromatic carbocycles. The molecule has 27 heavy (non-hydrogen) atoms. The maximum Gasteiger partial charge on any atom is 0.420 e. The molecule has 8 nitrogen and oxygen atoms in total. The number of rotatable bonds is 6. The van der Waals surface area contributed by atoms with Crippen molar-refractivity contribution in [3.05, 3.63) is 63.6 Å². The Hall–Kier alpha value is -2.62. The highest BCUT2D eigenvalue weighted by Crippen LogP contribution is 2.20. The van der Waals surface area contributed by atoms with Crippen LogP contribution in [0.25, 0.3) is 11.1 Å². The summed E-state index contributed by atoms with van der Waals surface area (Å²) in [5, 5.41) is 0.446. The number of nitrogens with one attached hydrogen (secondary N) is 1. The second-order valence-corrected chi connectivity index (χ2v) is 7.75. The first kappa shape index (κ1) is 19.2. The molecule has 0 saturated carbocycles. The standard InChI is InChI=1S/C17H15ClN2O6S/c1-25-16(21)10-20-14-7-6-12(8-15(14)26-17(20)22)27(23,24)19-9-11-4-2-3-5-13(11)18/h2-8,19H,9-10H2,1H3. The van der Waals surface area contributed by atoms with Crippen LogP contribution in [0.3, 0.4) is 0 Å². The van der Waals surface area contributed by atoms with Gasteiger partial charge < -0.3 is 9.15 Å². The number of hydrogen-bond donors (Lipinski definition) is 1. The van der Waals surface area contributed by atoms with E-state index >= 15 is 0 Å². The topological polar surface area (TPSA) is 108 Å². The number of fused-ring (bicyclic) bond motifs is 1. The molecular weight excluding hydrogens is 396 g/mol. The Morgan fingerprint density at radius 1 is 1.26 bits per heavy atom. The van der Waals surface area contributed by atoms with Gasteiger partial charge in [0, 0.05) is 17.6 Å². The van der Waals surface area contributed by atoms with Crippen LogP contribution in [0.5, 0.6) is 0 Å². The van der Waals surface area contributed by atoms with E-state index in [9.17, 15) is 18.0 Å². The molecule has 0 radical (unpaired) electrons. The van der Waals surface area contributed by atoms with Gasteiger partial charge in [-0.1, -0.05) is 29.8 Å². The van der Waals surface area contributed by atoms with Crippen LogP contribution in [0, 0.1) is 0 Å². The van der Waals surface area contributed by atoms with E-state index in [2.05, 4.69) is 9.46 Å². The smallest absolute Gasteiger partial charge is 0.420 e. The summed E-state index contributed by atoms with van der Waals surface area (Å²) in [6, 6.07) is 10.8. The van der Waals surface area contributed by atoms with Crippen LogP contribution in [0.15, 0.2) is 56.6 Å². The van der Waals surface area contributed by atoms with Crippen molar-refractivity contribution in [2.75, 3.05) is 7.11 Å². The normalized spacial score (nSPS) is 11.6. The number of esters is 1. The van der Waals surface area contributed by atoms with Gasteiger partial charge in [0.15, 0.2) is 5.58 Å². The second-order valence-electron chi connectivity index (χ2n) is 5.58. The molecule has 142 valence electrons. The lowest BCUT2D eigenvalue weighted by Gasteiger charge is -2.08. The summed E-state index contributed by atoms with van der Waals surface area (Å²) in [6.07, 6.45) is 0. The highest BCUT2D eigenvalue weighted by molar-refractivity contribution is 7.89. The molecule has 1 N–H and O–H groups in total. The van der Waals surface area contributed by atoms with Crippen LogP contribution in [0.1, 0.15) is 5.56 Å². The average Bonchev–Trinajstić information content (AvgIpc) is 2.95. The van der Waals surface area contributed by atoms with E-state index in [1.165, 1.54) is 25.3 Å². The highest BCUT2D eigenvalue weighted by Gasteiger charge is 2.19. The van der Waals surface area contributed by atoms with Gasteiger partial charge in [-0.05, 0) is 23.8 Å². The fourth-order valence-electron chi connectivity index (χ4n) is 2.46. The number of oxazole rings is 1. The van der Waals surface area contributed by atoms with E-state index in [0.29, 0.717) is 10.6 Å². The number of carbonyl (C=O) groups is 1. The van der Waals surface area contributed by atoms with Gasteiger partial charge >= 0.3 is 11.7 Å². The van der Waals surface area contributed by atoms with E-state index in [0.717, 1.165) is 4.57 Å². The van der Waals surface area contributed by atoms with Crippen molar-refractivity contribution in [1.29, 1.82) is 0 Å². The average molecular weight is 411 g/mol. The zero-order chi connectivity index (χ0) is 19.6. The van der Waals surface area contributed by atoms with Crippen LogP contribution in [0.2, 0.25) is 5.02 Å². The Morgan fingerprint density at radius 2 is 2.00 bits per heavy atom. The Bertz CT molecular complexity index is 1170. The quantitative estimate of drug-likeness (QED) is 0.622. The molecule has 0 atom stereocenters. The number of benzene rings is 2. The first-order valence-electron chi connectivity index (χ1n) is 7.75. The molecule has 3 rings (SSSR count). The summed E-state index contributed by atoms with van der Waals surface area (Å²) in [5.74, 6) is -1.41. The molecule has 1 heterocycles. The summed E-state index contributed by atoms with van der Waals surface area (Å²) < 4.78 is 38.1. The molecule has 0 aliphatic carbocycles. The minimum Gasteiger partial charge on any atom is -0.468 e. The number of carbonyl (C=O) groups excluding carboxylic acids is 1. The molecule has 0 fully saturated rings. The van der Waals surface area contributed by atoms with Crippen molar-refractivity contribution in [2.24, 2.45) is 0 Å². The maximum absolute atomic E-state index is 12.5.